The molecule has 0 unspecified atom stereocenters. The van der Waals surface area contributed by atoms with E-state index in [1.54, 1.807) is 36.4 Å². The first-order valence-electron chi connectivity index (χ1n) is 10.3. The number of likely N-dealkylation sites (N-methyl/N-ethyl adjacent to an activating group) is 1. The molecular weight excluding hydrogens is 432 g/mol. The molecule has 0 aliphatic carbocycles. The molecule has 1 fully saturated rings. The summed E-state index contributed by atoms with van der Waals surface area (Å²) in [5.74, 6) is -0.528. The van der Waals surface area contributed by atoms with Crippen LogP contribution in [0.25, 0.3) is 5.76 Å². The molecule has 1 atom stereocenters. The third kappa shape index (κ3) is 4.74. The van der Waals surface area contributed by atoms with Crippen molar-refractivity contribution in [1.29, 1.82) is 0 Å². The fraction of sp³-hybridized carbons (Fsp3) is 0.333. The molecule has 0 aromatic heterocycles. The van der Waals surface area contributed by atoms with Crippen LogP contribution < -0.4 is 9.47 Å². The summed E-state index contributed by atoms with van der Waals surface area (Å²) in [5, 5.41) is 11.4. The number of carbonyl (C=O) groups is 2. The summed E-state index contributed by atoms with van der Waals surface area (Å²) in [4.78, 5) is 29.4. The minimum atomic E-state index is -0.730. The average Bonchev–Trinajstić information content (AvgIpc) is 3.02. The Morgan fingerprint density at radius 2 is 1.84 bits per heavy atom. The normalized spacial score (nSPS) is 17.8. The van der Waals surface area contributed by atoms with Gasteiger partial charge in [0, 0.05) is 18.7 Å². The largest absolute Gasteiger partial charge is 0.507 e. The molecule has 1 amide bonds. The number of Topliss-reactive ketones (excluding diaryl/α,β-unsaturated/α-hetero) is 1. The molecule has 2 aromatic carbocycles. The van der Waals surface area contributed by atoms with Crippen LogP contribution in [0, 0.1) is 0 Å². The van der Waals surface area contributed by atoms with E-state index in [2.05, 4.69) is 0 Å². The van der Waals surface area contributed by atoms with Crippen molar-refractivity contribution in [2.24, 2.45) is 0 Å². The van der Waals surface area contributed by atoms with Gasteiger partial charge in [0.05, 0.1) is 30.4 Å². The van der Waals surface area contributed by atoms with Gasteiger partial charge in [-0.3, -0.25) is 9.59 Å². The summed E-state index contributed by atoms with van der Waals surface area (Å²) in [5.41, 5.74) is 1.06. The molecule has 1 saturated heterocycles. The van der Waals surface area contributed by atoms with Crippen LogP contribution in [0.15, 0.2) is 48.0 Å². The summed E-state index contributed by atoms with van der Waals surface area (Å²) in [6.07, 6.45) is 0. The lowest BCUT2D eigenvalue weighted by atomic mass is 9.95. The second kappa shape index (κ2) is 10.1. The van der Waals surface area contributed by atoms with Crippen molar-refractivity contribution in [2.75, 3.05) is 40.9 Å². The fourth-order valence-electron chi connectivity index (χ4n) is 3.65. The lowest BCUT2D eigenvalue weighted by molar-refractivity contribution is -0.140. The van der Waals surface area contributed by atoms with Gasteiger partial charge in [-0.05, 0) is 56.9 Å². The Morgan fingerprint density at radius 3 is 2.41 bits per heavy atom. The van der Waals surface area contributed by atoms with Gasteiger partial charge in [-0.15, -0.1) is 0 Å². The molecule has 1 heterocycles. The summed E-state index contributed by atoms with van der Waals surface area (Å²) in [6, 6.07) is 11.2. The number of benzene rings is 2. The molecule has 170 valence electrons. The number of hydrogen-bond donors (Lipinski definition) is 1. The molecule has 0 spiro atoms. The molecule has 0 bridgehead atoms. The van der Waals surface area contributed by atoms with Gasteiger partial charge < -0.3 is 24.4 Å². The standard InChI is InChI=1S/C24H27ClN2O5/c1-5-32-17-9-6-15(7-10-17)21-20(23(29)24(30)27(21)13-12-26(2)3)22(28)16-8-11-19(31-4)18(25)14-16/h6-11,14,21,28H,5,12-13H2,1-4H3/b22-20+/t21-/m0/s1. The van der Waals surface area contributed by atoms with Crippen LogP contribution >= 0.6 is 11.6 Å². The minimum absolute atomic E-state index is 0.0270. The second-order valence-electron chi connectivity index (χ2n) is 7.65. The third-order valence-corrected chi connectivity index (χ3v) is 5.56. The monoisotopic (exact) mass is 458 g/mol. The molecule has 1 N–H and O–H groups in total. The zero-order valence-electron chi connectivity index (χ0n) is 18.6. The molecule has 1 aliphatic heterocycles. The number of carbonyl (C=O) groups excluding carboxylic acids is 2. The van der Waals surface area contributed by atoms with Crippen molar-refractivity contribution >= 4 is 29.1 Å². The highest BCUT2D eigenvalue weighted by Crippen LogP contribution is 2.40. The third-order valence-electron chi connectivity index (χ3n) is 5.26. The molecular formula is C24H27ClN2O5. The van der Waals surface area contributed by atoms with Crippen molar-refractivity contribution in [2.45, 2.75) is 13.0 Å². The molecule has 0 radical (unpaired) electrons. The Morgan fingerprint density at radius 1 is 1.16 bits per heavy atom. The van der Waals surface area contributed by atoms with Crippen molar-refractivity contribution in [3.05, 3.63) is 64.2 Å². The van der Waals surface area contributed by atoms with Crippen LogP contribution in [0.4, 0.5) is 0 Å². The van der Waals surface area contributed by atoms with E-state index in [9.17, 15) is 14.7 Å². The lowest BCUT2D eigenvalue weighted by Crippen LogP contribution is -2.35. The predicted molar refractivity (Wildman–Crippen MR) is 123 cm³/mol. The van der Waals surface area contributed by atoms with Gasteiger partial charge in [-0.25, -0.2) is 0 Å². The van der Waals surface area contributed by atoms with E-state index in [0.29, 0.717) is 42.3 Å². The Hall–Kier alpha value is -3.03. The Kier molecular flexibility index (Phi) is 7.43. The first-order valence-corrected chi connectivity index (χ1v) is 10.7. The van der Waals surface area contributed by atoms with Gasteiger partial charge >= 0.3 is 0 Å². The molecule has 7 nitrogen and oxygen atoms in total. The number of ether oxygens (including phenoxy) is 2. The topological polar surface area (TPSA) is 79.3 Å². The number of amides is 1. The number of aliphatic hydroxyl groups excluding tert-OH is 1. The highest BCUT2D eigenvalue weighted by atomic mass is 35.5. The molecule has 0 saturated carbocycles. The van der Waals surface area contributed by atoms with Gasteiger partial charge in [0.25, 0.3) is 11.7 Å². The van der Waals surface area contributed by atoms with Gasteiger partial charge in [0.15, 0.2) is 0 Å². The quantitative estimate of drug-likeness (QED) is 0.369. The van der Waals surface area contributed by atoms with Crippen molar-refractivity contribution in [3.63, 3.8) is 0 Å². The zero-order valence-corrected chi connectivity index (χ0v) is 19.3. The highest BCUT2D eigenvalue weighted by Gasteiger charge is 2.45. The van der Waals surface area contributed by atoms with Crippen LogP contribution in [-0.4, -0.2) is 67.5 Å². The lowest BCUT2D eigenvalue weighted by Gasteiger charge is -2.26. The predicted octanol–water partition coefficient (Wildman–Crippen LogP) is 3.73. The van der Waals surface area contributed by atoms with E-state index in [1.165, 1.54) is 18.1 Å². The first kappa shape index (κ1) is 23.6. The number of likely N-dealkylation sites (tertiary alicyclic amines) is 1. The van der Waals surface area contributed by atoms with E-state index in [0.717, 1.165) is 0 Å². The number of halogens is 1. The summed E-state index contributed by atoms with van der Waals surface area (Å²) >= 11 is 6.22. The molecule has 3 rings (SSSR count). The van der Waals surface area contributed by atoms with Crippen LogP contribution in [0.1, 0.15) is 24.1 Å². The van der Waals surface area contributed by atoms with E-state index in [4.69, 9.17) is 21.1 Å². The van der Waals surface area contributed by atoms with E-state index in [1.807, 2.05) is 25.9 Å². The van der Waals surface area contributed by atoms with Crippen LogP contribution in [0.3, 0.4) is 0 Å². The molecule has 32 heavy (non-hydrogen) atoms. The van der Waals surface area contributed by atoms with Gasteiger partial charge in [-0.2, -0.15) is 0 Å². The first-order chi connectivity index (χ1) is 15.3. The average molecular weight is 459 g/mol. The Balaban J connectivity index is 2.12. The number of nitrogens with zero attached hydrogens (tertiary/aromatic N) is 2. The van der Waals surface area contributed by atoms with Crippen molar-refractivity contribution < 1.29 is 24.2 Å². The summed E-state index contributed by atoms with van der Waals surface area (Å²) in [6.45, 7) is 3.31. The number of hydrogen-bond acceptors (Lipinski definition) is 6. The van der Waals surface area contributed by atoms with Crippen molar-refractivity contribution in [1.82, 2.24) is 9.80 Å². The maximum absolute atomic E-state index is 13.0. The zero-order chi connectivity index (χ0) is 23.4. The molecule has 2 aromatic rings. The fourth-order valence-corrected chi connectivity index (χ4v) is 3.90. The van der Waals surface area contributed by atoms with Gasteiger partial charge in [0.2, 0.25) is 0 Å². The summed E-state index contributed by atoms with van der Waals surface area (Å²) < 4.78 is 10.7. The van der Waals surface area contributed by atoms with Crippen molar-refractivity contribution in [3.8, 4) is 11.5 Å². The smallest absolute Gasteiger partial charge is 0.295 e. The van der Waals surface area contributed by atoms with Crippen LogP contribution in [0.5, 0.6) is 11.5 Å². The number of ketones is 1. The van der Waals surface area contributed by atoms with Gasteiger partial charge in [-0.1, -0.05) is 23.7 Å². The second-order valence-corrected chi connectivity index (χ2v) is 8.05. The Labute approximate surface area is 192 Å². The molecule has 8 heteroatoms. The number of aliphatic hydroxyl groups is 1. The maximum atomic E-state index is 13.0. The minimum Gasteiger partial charge on any atom is -0.507 e. The van der Waals surface area contributed by atoms with Gasteiger partial charge in [0.1, 0.15) is 17.3 Å². The van der Waals surface area contributed by atoms with E-state index < -0.39 is 17.7 Å². The van der Waals surface area contributed by atoms with Crippen LogP contribution in [0.2, 0.25) is 5.02 Å². The highest BCUT2D eigenvalue weighted by molar-refractivity contribution is 6.46. The molecule has 1 aliphatic rings. The van der Waals surface area contributed by atoms with E-state index in [-0.39, 0.29) is 16.4 Å². The number of methoxy groups -OCH3 is 1. The Bertz CT molecular complexity index is 1030. The maximum Gasteiger partial charge on any atom is 0.295 e. The number of rotatable bonds is 8. The summed E-state index contributed by atoms with van der Waals surface area (Å²) in [7, 11) is 5.27. The van der Waals surface area contributed by atoms with Crippen LogP contribution in [-0.2, 0) is 9.59 Å². The SMILES string of the molecule is CCOc1ccc([C@H]2/C(=C(\O)c3ccc(OC)c(Cl)c3)C(=O)C(=O)N2CCN(C)C)cc1. The van der Waals surface area contributed by atoms with E-state index >= 15 is 0 Å².